The molecule has 3 nitrogen and oxygen atoms in total. The summed E-state index contributed by atoms with van der Waals surface area (Å²) in [6.07, 6.45) is 3.33. The number of aliphatic hydroxyl groups is 1. The van der Waals surface area contributed by atoms with Crippen LogP contribution < -0.4 is 10.5 Å². The Hall–Kier alpha value is -1.20. The maximum Gasteiger partial charge on any atom is 0.387 e. The average molecular weight is 299 g/mol. The lowest BCUT2D eigenvalue weighted by Crippen LogP contribution is -2.40. The number of rotatable bonds is 5. The normalized spacial score (nSPS) is 27.6. The number of benzene rings is 1. The third-order valence-corrected chi connectivity index (χ3v) is 4.53. The van der Waals surface area contributed by atoms with E-state index >= 15 is 0 Å². The Kier molecular flexibility index (Phi) is 5.17. The van der Waals surface area contributed by atoms with Gasteiger partial charge in [-0.3, -0.25) is 0 Å². The zero-order valence-electron chi connectivity index (χ0n) is 12.3. The van der Waals surface area contributed by atoms with Gasteiger partial charge in [-0.15, -0.1) is 0 Å². The Labute approximate surface area is 124 Å². The first kappa shape index (κ1) is 16.2. The summed E-state index contributed by atoms with van der Waals surface area (Å²) < 4.78 is 28.6. The molecular weight excluding hydrogens is 276 g/mol. The number of halogens is 2. The molecule has 3 unspecified atom stereocenters. The first-order valence-electron chi connectivity index (χ1n) is 7.40. The molecular formula is C16H23F2NO2. The molecule has 0 radical (unpaired) electrons. The van der Waals surface area contributed by atoms with E-state index in [2.05, 4.69) is 11.7 Å². The molecule has 3 atom stereocenters. The van der Waals surface area contributed by atoms with Crippen molar-refractivity contribution in [1.29, 1.82) is 0 Å². The molecule has 21 heavy (non-hydrogen) atoms. The molecule has 0 bridgehead atoms. The number of hydrogen-bond donors (Lipinski definition) is 2. The second kappa shape index (κ2) is 6.71. The SMILES string of the molecule is CC1CCCC(CN)(C(O)c2ccc(OC(F)F)cc2)C1. The highest BCUT2D eigenvalue weighted by molar-refractivity contribution is 5.29. The zero-order chi connectivity index (χ0) is 15.5. The smallest absolute Gasteiger partial charge is 0.387 e. The van der Waals surface area contributed by atoms with E-state index in [4.69, 9.17) is 5.73 Å². The minimum Gasteiger partial charge on any atom is -0.435 e. The third kappa shape index (κ3) is 3.71. The number of ether oxygens (including phenoxy) is 1. The van der Waals surface area contributed by atoms with Crippen molar-refractivity contribution in [2.24, 2.45) is 17.1 Å². The number of nitrogens with two attached hydrogens (primary N) is 1. The van der Waals surface area contributed by atoms with Gasteiger partial charge in [-0.1, -0.05) is 31.9 Å². The maximum atomic E-state index is 12.1. The minimum atomic E-state index is -2.84. The van der Waals surface area contributed by atoms with Gasteiger partial charge in [0.25, 0.3) is 0 Å². The Morgan fingerprint density at radius 2 is 2.05 bits per heavy atom. The first-order valence-corrected chi connectivity index (χ1v) is 7.40. The number of aliphatic hydroxyl groups excluding tert-OH is 1. The second-order valence-electron chi connectivity index (χ2n) is 6.12. The van der Waals surface area contributed by atoms with Gasteiger partial charge in [0.2, 0.25) is 0 Å². The molecule has 0 heterocycles. The largest absolute Gasteiger partial charge is 0.435 e. The van der Waals surface area contributed by atoms with E-state index in [1.54, 1.807) is 12.1 Å². The van der Waals surface area contributed by atoms with Gasteiger partial charge in [0.1, 0.15) is 5.75 Å². The van der Waals surface area contributed by atoms with Crippen LogP contribution in [0.4, 0.5) is 8.78 Å². The van der Waals surface area contributed by atoms with Crippen LogP contribution in [0.1, 0.15) is 44.3 Å². The summed E-state index contributed by atoms with van der Waals surface area (Å²) in [6, 6.07) is 6.19. The van der Waals surface area contributed by atoms with E-state index < -0.39 is 12.7 Å². The van der Waals surface area contributed by atoms with E-state index in [1.807, 2.05) is 0 Å². The Morgan fingerprint density at radius 3 is 2.57 bits per heavy atom. The molecule has 5 heteroatoms. The lowest BCUT2D eigenvalue weighted by Gasteiger charge is -2.43. The molecule has 1 aromatic carbocycles. The summed E-state index contributed by atoms with van der Waals surface area (Å²) >= 11 is 0. The first-order chi connectivity index (χ1) is 9.97. The third-order valence-electron chi connectivity index (χ3n) is 4.53. The van der Waals surface area contributed by atoms with Crippen LogP contribution >= 0.6 is 0 Å². The van der Waals surface area contributed by atoms with E-state index in [1.165, 1.54) is 12.1 Å². The highest BCUT2D eigenvalue weighted by atomic mass is 19.3. The van der Waals surface area contributed by atoms with Crippen molar-refractivity contribution < 1.29 is 18.6 Å². The van der Waals surface area contributed by atoms with Crippen LogP contribution in [0.5, 0.6) is 5.75 Å². The van der Waals surface area contributed by atoms with Gasteiger partial charge in [-0.2, -0.15) is 8.78 Å². The zero-order valence-corrected chi connectivity index (χ0v) is 12.3. The van der Waals surface area contributed by atoms with Crippen molar-refractivity contribution in [3.63, 3.8) is 0 Å². The monoisotopic (exact) mass is 299 g/mol. The lowest BCUT2D eigenvalue weighted by molar-refractivity contribution is -0.0499. The topological polar surface area (TPSA) is 55.5 Å². The summed E-state index contributed by atoms with van der Waals surface area (Å²) in [6.45, 7) is -0.237. The number of alkyl halides is 2. The summed E-state index contributed by atoms with van der Waals surface area (Å²) in [4.78, 5) is 0. The minimum absolute atomic E-state index is 0.0970. The molecule has 1 saturated carbocycles. The maximum absolute atomic E-state index is 12.1. The van der Waals surface area contributed by atoms with Gasteiger partial charge >= 0.3 is 6.61 Å². The highest BCUT2D eigenvalue weighted by Gasteiger charge is 2.40. The van der Waals surface area contributed by atoms with Crippen LogP contribution in [0.25, 0.3) is 0 Å². The van der Waals surface area contributed by atoms with Crippen LogP contribution in [0, 0.1) is 11.3 Å². The van der Waals surface area contributed by atoms with Crippen molar-refractivity contribution in [1.82, 2.24) is 0 Å². The van der Waals surface area contributed by atoms with E-state index in [0.29, 0.717) is 18.0 Å². The molecule has 1 aromatic rings. The predicted molar refractivity (Wildman–Crippen MR) is 77.2 cm³/mol. The molecule has 3 N–H and O–H groups in total. The van der Waals surface area contributed by atoms with Crippen LogP contribution in [0.15, 0.2) is 24.3 Å². The van der Waals surface area contributed by atoms with Crippen molar-refractivity contribution in [3.05, 3.63) is 29.8 Å². The second-order valence-corrected chi connectivity index (χ2v) is 6.12. The molecule has 1 fully saturated rings. The van der Waals surface area contributed by atoms with Crippen LogP contribution in [-0.4, -0.2) is 18.3 Å². The predicted octanol–water partition coefficient (Wildman–Crippen LogP) is 3.48. The molecule has 0 saturated heterocycles. The highest BCUT2D eigenvalue weighted by Crippen LogP contribution is 2.47. The van der Waals surface area contributed by atoms with Crippen LogP contribution in [0.2, 0.25) is 0 Å². The Bertz CT molecular complexity index is 452. The summed E-state index contributed by atoms with van der Waals surface area (Å²) in [5.74, 6) is 0.637. The standard InChI is InChI=1S/C16H23F2NO2/c1-11-3-2-8-16(9-11,10-19)14(20)12-4-6-13(7-5-12)21-15(17)18/h4-7,11,14-15,20H,2-3,8-10,19H2,1H3. The van der Waals surface area contributed by atoms with Crippen molar-refractivity contribution in [2.45, 2.75) is 45.3 Å². The molecule has 0 spiro atoms. The van der Waals surface area contributed by atoms with Gasteiger partial charge < -0.3 is 15.6 Å². The van der Waals surface area contributed by atoms with Crippen LogP contribution in [0.3, 0.4) is 0 Å². The van der Waals surface area contributed by atoms with Crippen molar-refractivity contribution in [2.75, 3.05) is 6.54 Å². The molecule has 0 amide bonds. The lowest BCUT2D eigenvalue weighted by atomic mass is 9.65. The molecule has 2 rings (SSSR count). The molecule has 0 aromatic heterocycles. The molecule has 1 aliphatic rings. The number of hydrogen-bond acceptors (Lipinski definition) is 3. The Morgan fingerprint density at radius 1 is 1.38 bits per heavy atom. The summed E-state index contributed by atoms with van der Waals surface area (Å²) in [5, 5.41) is 10.7. The van der Waals surface area contributed by atoms with Crippen molar-refractivity contribution in [3.8, 4) is 5.75 Å². The fourth-order valence-corrected chi connectivity index (χ4v) is 3.43. The fraction of sp³-hybridized carbons (Fsp3) is 0.625. The average Bonchev–Trinajstić information content (AvgIpc) is 2.46. The molecule has 118 valence electrons. The van der Waals surface area contributed by atoms with Gasteiger partial charge in [-0.25, -0.2) is 0 Å². The van der Waals surface area contributed by atoms with E-state index in [0.717, 1.165) is 25.7 Å². The molecule has 0 aliphatic heterocycles. The fourth-order valence-electron chi connectivity index (χ4n) is 3.43. The Balaban J connectivity index is 2.15. The van der Waals surface area contributed by atoms with Gasteiger partial charge in [0.15, 0.2) is 0 Å². The summed E-state index contributed by atoms with van der Waals surface area (Å²) in [7, 11) is 0. The molecule has 1 aliphatic carbocycles. The van der Waals surface area contributed by atoms with Crippen molar-refractivity contribution >= 4 is 0 Å². The van der Waals surface area contributed by atoms with Gasteiger partial charge in [0, 0.05) is 12.0 Å². The summed E-state index contributed by atoms with van der Waals surface area (Å²) in [5.41, 5.74) is 6.34. The van der Waals surface area contributed by atoms with E-state index in [9.17, 15) is 13.9 Å². The quantitative estimate of drug-likeness (QED) is 0.875. The van der Waals surface area contributed by atoms with Gasteiger partial charge in [0.05, 0.1) is 6.10 Å². The van der Waals surface area contributed by atoms with E-state index in [-0.39, 0.29) is 11.2 Å². The van der Waals surface area contributed by atoms with Crippen LogP contribution in [-0.2, 0) is 0 Å². The van der Waals surface area contributed by atoms with Gasteiger partial charge in [-0.05, 0) is 36.5 Å².